The molecule has 4 N–H and O–H groups in total. The Morgan fingerprint density at radius 2 is 1.77 bits per heavy atom. The van der Waals surface area contributed by atoms with Crippen LogP contribution in [0.25, 0.3) is 0 Å². The molecule has 1 atom stereocenters. The molecular formula is C16H20N4O5S. The molecule has 0 fully saturated rings. The van der Waals surface area contributed by atoms with Crippen LogP contribution in [-0.4, -0.2) is 45.0 Å². The normalized spacial score (nSPS) is 12.4. The second-order valence-electron chi connectivity index (χ2n) is 5.49. The van der Waals surface area contributed by atoms with Crippen molar-refractivity contribution in [3.05, 3.63) is 53.9 Å². The number of carbonyl (C=O) groups is 2. The molecule has 140 valence electrons. The number of hydrazine groups is 1. The summed E-state index contributed by atoms with van der Waals surface area (Å²) < 4.78 is 31.8. The molecule has 0 aliphatic rings. The SMILES string of the molecule is COC[C@@H](C)NS(=O)(=O)c1ccc(C(=O)NNC(=O)c2ccc[nH]2)cc1. The molecule has 0 aliphatic heterocycles. The number of rotatable bonds is 7. The van der Waals surface area contributed by atoms with Crippen LogP contribution in [0.3, 0.4) is 0 Å². The minimum absolute atomic E-state index is 0.0208. The third-order valence-corrected chi connectivity index (χ3v) is 4.94. The van der Waals surface area contributed by atoms with Gasteiger partial charge >= 0.3 is 0 Å². The van der Waals surface area contributed by atoms with E-state index in [0.717, 1.165) is 0 Å². The van der Waals surface area contributed by atoms with Gasteiger partial charge in [-0.25, -0.2) is 13.1 Å². The topological polar surface area (TPSA) is 129 Å². The first kappa shape index (κ1) is 19.6. The van der Waals surface area contributed by atoms with Crippen LogP contribution in [0.5, 0.6) is 0 Å². The average Bonchev–Trinajstić information content (AvgIpc) is 3.14. The Morgan fingerprint density at radius 3 is 2.35 bits per heavy atom. The van der Waals surface area contributed by atoms with Gasteiger partial charge < -0.3 is 9.72 Å². The second-order valence-corrected chi connectivity index (χ2v) is 7.21. The van der Waals surface area contributed by atoms with Crippen LogP contribution in [0.2, 0.25) is 0 Å². The molecule has 26 heavy (non-hydrogen) atoms. The van der Waals surface area contributed by atoms with E-state index in [9.17, 15) is 18.0 Å². The molecule has 10 heteroatoms. The minimum atomic E-state index is -3.72. The molecule has 9 nitrogen and oxygen atoms in total. The molecule has 2 amide bonds. The summed E-state index contributed by atoms with van der Waals surface area (Å²) in [6, 6.07) is 8.14. The number of hydrogen-bond acceptors (Lipinski definition) is 5. The van der Waals surface area contributed by atoms with Crippen molar-refractivity contribution in [1.82, 2.24) is 20.6 Å². The first-order chi connectivity index (χ1) is 12.3. The number of H-pyrrole nitrogens is 1. The fraction of sp³-hybridized carbons (Fsp3) is 0.250. The number of aromatic amines is 1. The van der Waals surface area contributed by atoms with Gasteiger partial charge in [-0.1, -0.05) is 0 Å². The van der Waals surface area contributed by atoms with Gasteiger partial charge in [0.25, 0.3) is 11.8 Å². The lowest BCUT2D eigenvalue weighted by atomic mass is 10.2. The first-order valence-electron chi connectivity index (χ1n) is 7.69. The van der Waals surface area contributed by atoms with Gasteiger partial charge in [-0.15, -0.1) is 0 Å². The number of amides is 2. The van der Waals surface area contributed by atoms with E-state index in [2.05, 4.69) is 20.6 Å². The summed E-state index contributed by atoms with van der Waals surface area (Å²) in [5, 5.41) is 0. The van der Waals surface area contributed by atoms with E-state index in [4.69, 9.17) is 4.74 Å². The van der Waals surface area contributed by atoms with Crippen LogP contribution < -0.4 is 15.6 Å². The zero-order valence-corrected chi connectivity index (χ0v) is 15.1. The molecule has 1 aromatic heterocycles. The molecule has 0 spiro atoms. The number of nitrogens with one attached hydrogen (secondary N) is 4. The van der Waals surface area contributed by atoms with Crippen LogP contribution in [0.15, 0.2) is 47.5 Å². The van der Waals surface area contributed by atoms with E-state index in [1.807, 2.05) is 0 Å². The van der Waals surface area contributed by atoms with Gasteiger partial charge in [-0.2, -0.15) is 0 Å². The fourth-order valence-corrected chi connectivity index (χ4v) is 3.36. The number of methoxy groups -OCH3 is 1. The number of benzene rings is 1. The van der Waals surface area contributed by atoms with Crippen molar-refractivity contribution in [3.8, 4) is 0 Å². The predicted molar refractivity (Wildman–Crippen MR) is 93.8 cm³/mol. The van der Waals surface area contributed by atoms with E-state index in [1.165, 1.54) is 31.4 Å². The van der Waals surface area contributed by atoms with Gasteiger partial charge in [0.15, 0.2) is 0 Å². The molecule has 0 saturated carbocycles. The quantitative estimate of drug-likeness (QED) is 0.517. The summed E-state index contributed by atoms with van der Waals surface area (Å²) in [7, 11) is -2.24. The third-order valence-electron chi connectivity index (χ3n) is 3.33. The van der Waals surface area contributed by atoms with Gasteiger partial charge in [0, 0.05) is 24.9 Å². The van der Waals surface area contributed by atoms with Gasteiger partial charge in [0.05, 0.1) is 11.5 Å². The van der Waals surface area contributed by atoms with Crippen LogP contribution in [0.1, 0.15) is 27.8 Å². The fourth-order valence-electron chi connectivity index (χ4n) is 2.13. The first-order valence-corrected chi connectivity index (χ1v) is 9.17. The molecule has 0 bridgehead atoms. The lowest BCUT2D eigenvalue weighted by Crippen LogP contribution is -2.41. The second kappa shape index (κ2) is 8.61. The molecule has 0 unspecified atom stereocenters. The highest BCUT2D eigenvalue weighted by Crippen LogP contribution is 2.11. The Kier molecular flexibility index (Phi) is 6.50. The van der Waals surface area contributed by atoms with Crippen LogP contribution in [-0.2, 0) is 14.8 Å². The van der Waals surface area contributed by atoms with Crippen LogP contribution in [0.4, 0.5) is 0 Å². The van der Waals surface area contributed by atoms with E-state index in [1.54, 1.807) is 25.3 Å². The molecule has 1 heterocycles. The van der Waals surface area contributed by atoms with E-state index < -0.39 is 27.9 Å². The standard InChI is InChI=1S/C16H20N4O5S/c1-11(10-25-2)20-26(23,24)13-7-5-12(6-8-13)15(21)18-19-16(22)14-4-3-9-17-14/h3-9,11,17,20H,10H2,1-2H3,(H,18,21)(H,19,22)/t11-/m1/s1. The Labute approximate surface area is 151 Å². The van der Waals surface area contributed by atoms with Crippen molar-refractivity contribution in [1.29, 1.82) is 0 Å². The van der Waals surface area contributed by atoms with Crippen molar-refractivity contribution in [2.24, 2.45) is 0 Å². The van der Waals surface area contributed by atoms with Gasteiger partial charge in [0.1, 0.15) is 5.69 Å². The van der Waals surface area contributed by atoms with E-state index >= 15 is 0 Å². The number of sulfonamides is 1. The maximum atomic E-state index is 12.2. The van der Waals surface area contributed by atoms with Crippen molar-refractivity contribution in [3.63, 3.8) is 0 Å². The number of hydrogen-bond donors (Lipinski definition) is 4. The van der Waals surface area contributed by atoms with E-state index in [0.29, 0.717) is 5.69 Å². The molecule has 2 aromatic rings. The van der Waals surface area contributed by atoms with Crippen molar-refractivity contribution in [2.75, 3.05) is 13.7 Å². The Hall–Kier alpha value is -2.69. The highest BCUT2D eigenvalue weighted by atomic mass is 32.2. The number of ether oxygens (including phenoxy) is 1. The summed E-state index contributed by atoms with van der Waals surface area (Å²) in [5.41, 5.74) is 5.00. The molecular weight excluding hydrogens is 360 g/mol. The molecule has 0 radical (unpaired) electrons. The molecule has 1 aromatic carbocycles. The Balaban J connectivity index is 1.97. The maximum Gasteiger partial charge on any atom is 0.286 e. The lowest BCUT2D eigenvalue weighted by Gasteiger charge is -2.13. The average molecular weight is 380 g/mol. The maximum absolute atomic E-state index is 12.2. The Bertz CT molecular complexity index is 847. The van der Waals surface area contributed by atoms with Crippen molar-refractivity contribution >= 4 is 21.8 Å². The summed E-state index contributed by atoms with van der Waals surface area (Å²) in [5.74, 6) is -1.08. The largest absolute Gasteiger partial charge is 0.383 e. The minimum Gasteiger partial charge on any atom is -0.383 e. The number of aromatic nitrogens is 1. The van der Waals surface area contributed by atoms with Crippen molar-refractivity contribution < 1.29 is 22.7 Å². The highest BCUT2D eigenvalue weighted by Gasteiger charge is 2.18. The monoisotopic (exact) mass is 380 g/mol. The third kappa shape index (κ3) is 5.15. The zero-order chi connectivity index (χ0) is 19.2. The lowest BCUT2D eigenvalue weighted by molar-refractivity contribution is 0.0844. The summed E-state index contributed by atoms with van der Waals surface area (Å²) in [6.45, 7) is 1.91. The Morgan fingerprint density at radius 1 is 1.12 bits per heavy atom. The number of carbonyl (C=O) groups excluding carboxylic acids is 2. The van der Waals surface area contributed by atoms with Crippen molar-refractivity contribution in [2.45, 2.75) is 17.9 Å². The van der Waals surface area contributed by atoms with Gasteiger partial charge in [-0.3, -0.25) is 20.4 Å². The smallest absolute Gasteiger partial charge is 0.286 e. The van der Waals surface area contributed by atoms with Gasteiger partial charge in [-0.05, 0) is 43.3 Å². The zero-order valence-electron chi connectivity index (χ0n) is 14.3. The molecule has 0 aliphatic carbocycles. The van der Waals surface area contributed by atoms with Crippen LogP contribution >= 0.6 is 0 Å². The molecule has 0 saturated heterocycles. The predicted octanol–water partition coefficient (Wildman–Crippen LogP) is 0.403. The summed E-state index contributed by atoms with van der Waals surface area (Å²) in [6.07, 6.45) is 1.58. The summed E-state index contributed by atoms with van der Waals surface area (Å²) in [4.78, 5) is 26.5. The summed E-state index contributed by atoms with van der Waals surface area (Å²) >= 11 is 0. The van der Waals surface area contributed by atoms with E-state index in [-0.39, 0.29) is 17.1 Å². The van der Waals surface area contributed by atoms with Gasteiger partial charge in [0.2, 0.25) is 10.0 Å². The van der Waals surface area contributed by atoms with Crippen LogP contribution in [0, 0.1) is 0 Å². The highest BCUT2D eigenvalue weighted by molar-refractivity contribution is 7.89. The molecule has 2 rings (SSSR count).